The van der Waals surface area contributed by atoms with E-state index in [4.69, 9.17) is 4.74 Å². The Kier molecular flexibility index (Phi) is 4.51. The van der Waals surface area contributed by atoms with E-state index in [0.29, 0.717) is 5.92 Å². The topological polar surface area (TPSA) is 67.0 Å². The monoisotopic (exact) mass is 323 g/mol. The largest absolute Gasteiger partial charge is 0.496 e. The third-order valence-corrected chi connectivity index (χ3v) is 4.05. The van der Waals surface area contributed by atoms with Crippen LogP contribution in [0.5, 0.6) is 5.75 Å². The Morgan fingerprint density at radius 2 is 2.08 bits per heavy atom. The van der Waals surface area contributed by atoms with Crippen LogP contribution in [0, 0.1) is 0 Å². The highest BCUT2D eigenvalue weighted by atomic mass is 16.5. The summed E-state index contributed by atoms with van der Waals surface area (Å²) >= 11 is 0. The van der Waals surface area contributed by atoms with Gasteiger partial charge in [-0.2, -0.15) is 5.10 Å². The summed E-state index contributed by atoms with van der Waals surface area (Å²) < 4.78 is 5.39. The number of carbonyl (C=O) groups is 1. The first-order valence-corrected chi connectivity index (χ1v) is 7.96. The van der Waals surface area contributed by atoms with Gasteiger partial charge in [0, 0.05) is 16.6 Å². The van der Waals surface area contributed by atoms with Crippen LogP contribution >= 0.6 is 0 Å². The van der Waals surface area contributed by atoms with Crippen molar-refractivity contribution in [2.45, 2.75) is 26.2 Å². The first-order chi connectivity index (χ1) is 11.6. The van der Waals surface area contributed by atoms with Crippen LogP contribution in [0.3, 0.4) is 0 Å². The van der Waals surface area contributed by atoms with E-state index in [-0.39, 0.29) is 12.3 Å². The van der Waals surface area contributed by atoms with Crippen molar-refractivity contribution in [2.24, 2.45) is 0 Å². The maximum absolute atomic E-state index is 12.4. The standard InChI is InChI=1S/C19H21N3O2/c1-12(2)13-5-7-18(24-3)15(8-13)9-19(23)21-16-6-4-14-11-20-22-17(14)10-16/h4-8,10-12H,9H2,1-3H3,(H,20,22)(H,21,23). The van der Waals surface area contributed by atoms with Gasteiger partial charge in [-0.05, 0) is 35.7 Å². The molecule has 0 bridgehead atoms. The molecule has 0 spiro atoms. The molecule has 5 heteroatoms. The molecule has 2 N–H and O–H groups in total. The minimum Gasteiger partial charge on any atom is -0.496 e. The Morgan fingerprint density at radius 3 is 2.83 bits per heavy atom. The Hall–Kier alpha value is -2.82. The van der Waals surface area contributed by atoms with Crippen molar-refractivity contribution in [3.63, 3.8) is 0 Å². The molecule has 0 aliphatic carbocycles. The van der Waals surface area contributed by atoms with Crippen LogP contribution in [-0.2, 0) is 11.2 Å². The van der Waals surface area contributed by atoms with Crippen molar-refractivity contribution in [1.29, 1.82) is 0 Å². The fraction of sp³-hybridized carbons (Fsp3) is 0.263. The number of aromatic amines is 1. The maximum atomic E-state index is 12.4. The number of benzene rings is 2. The van der Waals surface area contributed by atoms with Gasteiger partial charge in [0.1, 0.15) is 5.75 Å². The summed E-state index contributed by atoms with van der Waals surface area (Å²) in [5, 5.41) is 10.8. The molecule has 0 fully saturated rings. The SMILES string of the molecule is COc1ccc(C(C)C)cc1CC(=O)Nc1ccc2cn[nH]c2c1. The second-order valence-electron chi connectivity index (χ2n) is 6.12. The van der Waals surface area contributed by atoms with Crippen molar-refractivity contribution < 1.29 is 9.53 Å². The van der Waals surface area contributed by atoms with Crippen LogP contribution in [0.4, 0.5) is 5.69 Å². The maximum Gasteiger partial charge on any atom is 0.228 e. The lowest BCUT2D eigenvalue weighted by Gasteiger charge is -2.13. The number of anilines is 1. The summed E-state index contributed by atoms with van der Waals surface area (Å²) in [6.07, 6.45) is 2.02. The molecule has 124 valence electrons. The number of hydrogen-bond acceptors (Lipinski definition) is 3. The summed E-state index contributed by atoms with van der Waals surface area (Å²) in [6, 6.07) is 11.7. The van der Waals surface area contributed by atoms with E-state index in [1.165, 1.54) is 5.56 Å². The highest BCUT2D eigenvalue weighted by Gasteiger charge is 2.12. The predicted octanol–water partition coefficient (Wildman–Crippen LogP) is 3.88. The van der Waals surface area contributed by atoms with Gasteiger partial charge in [0.25, 0.3) is 0 Å². The summed E-state index contributed by atoms with van der Waals surface area (Å²) in [5.41, 5.74) is 3.73. The quantitative estimate of drug-likeness (QED) is 0.749. The van der Waals surface area contributed by atoms with Crippen molar-refractivity contribution in [2.75, 3.05) is 12.4 Å². The summed E-state index contributed by atoms with van der Waals surface area (Å²) in [7, 11) is 1.62. The van der Waals surface area contributed by atoms with Crippen LogP contribution < -0.4 is 10.1 Å². The highest BCUT2D eigenvalue weighted by molar-refractivity contribution is 5.94. The zero-order valence-corrected chi connectivity index (χ0v) is 14.1. The summed E-state index contributed by atoms with van der Waals surface area (Å²) in [4.78, 5) is 12.4. The fourth-order valence-corrected chi connectivity index (χ4v) is 2.69. The lowest BCUT2D eigenvalue weighted by molar-refractivity contribution is -0.115. The van der Waals surface area contributed by atoms with Gasteiger partial charge in [0.15, 0.2) is 0 Å². The molecule has 5 nitrogen and oxygen atoms in total. The van der Waals surface area contributed by atoms with Crippen LogP contribution in [0.15, 0.2) is 42.6 Å². The van der Waals surface area contributed by atoms with Gasteiger partial charge >= 0.3 is 0 Å². The number of amides is 1. The Morgan fingerprint density at radius 1 is 1.25 bits per heavy atom. The molecule has 0 saturated heterocycles. The summed E-state index contributed by atoms with van der Waals surface area (Å²) in [5.74, 6) is 1.06. The average molecular weight is 323 g/mol. The van der Waals surface area contributed by atoms with E-state index in [2.05, 4.69) is 29.4 Å². The van der Waals surface area contributed by atoms with Crippen molar-refractivity contribution in [3.8, 4) is 5.75 Å². The van der Waals surface area contributed by atoms with Gasteiger partial charge in [-0.15, -0.1) is 0 Å². The number of methoxy groups -OCH3 is 1. The van der Waals surface area contributed by atoms with Crippen LogP contribution in [0.2, 0.25) is 0 Å². The zero-order chi connectivity index (χ0) is 17.1. The second kappa shape index (κ2) is 6.74. The summed E-state index contributed by atoms with van der Waals surface area (Å²) in [6.45, 7) is 4.26. The van der Waals surface area contributed by atoms with Gasteiger partial charge in [-0.25, -0.2) is 0 Å². The molecular formula is C19H21N3O2. The normalized spacial score (nSPS) is 11.0. The number of H-pyrrole nitrogens is 1. The predicted molar refractivity (Wildman–Crippen MR) is 95.5 cm³/mol. The van der Waals surface area contributed by atoms with Gasteiger partial charge in [-0.1, -0.05) is 26.0 Å². The molecule has 2 aromatic carbocycles. The minimum absolute atomic E-state index is 0.0759. The van der Waals surface area contributed by atoms with Crippen molar-refractivity contribution in [1.82, 2.24) is 10.2 Å². The first kappa shape index (κ1) is 16.1. The Labute approximate surface area is 141 Å². The molecule has 1 aromatic heterocycles. The van der Waals surface area contributed by atoms with E-state index < -0.39 is 0 Å². The third-order valence-electron chi connectivity index (χ3n) is 4.05. The molecule has 0 radical (unpaired) electrons. The number of nitrogens with zero attached hydrogens (tertiary/aromatic N) is 1. The highest BCUT2D eigenvalue weighted by Crippen LogP contribution is 2.25. The first-order valence-electron chi connectivity index (χ1n) is 7.96. The second-order valence-corrected chi connectivity index (χ2v) is 6.12. The number of carbonyl (C=O) groups excluding carboxylic acids is 1. The van der Waals surface area contributed by atoms with E-state index in [9.17, 15) is 4.79 Å². The van der Waals surface area contributed by atoms with Crippen LogP contribution in [0.1, 0.15) is 30.9 Å². The van der Waals surface area contributed by atoms with Gasteiger partial charge in [-0.3, -0.25) is 9.89 Å². The lowest BCUT2D eigenvalue weighted by Crippen LogP contribution is -2.15. The number of ether oxygens (including phenoxy) is 1. The minimum atomic E-state index is -0.0759. The lowest BCUT2D eigenvalue weighted by atomic mass is 9.98. The van der Waals surface area contributed by atoms with Gasteiger partial charge < -0.3 is 10.1 Å². The smallest absolute Gasteiger partial charge is 0.228 e. The zero-order valence-electron chi connectivity index (χ0n) is 14.1. The van der Waals surface area contributed by atoms with Crippen molar-refractivity contribution >= 4 is 22.5 Å². The number of aromatic nitrogens is 2. The van der Waals surface area contributed by atoms with E-state index >= 15 is 0 Å². The van der Waals surface area contributed by atoms with E-state index in [0.717, 1.165) is 27.9 Å². The molecule has 0 atom stereocenters. The molecule has 3 aromatic rings. The van der Waals surface area contributed by atoms with Gasteiger partial charge in [0.05, 0.1) is 25.2 Å². The molecule has 0 saturated carbocycles. The fourth-order valence-electron chi connectivity index (χ4n) is 2.69. The molecule has 1 amide bonds. The molecule has 24 heavy (non-hydrogen) atoms. The Balaban J connectivity index is 1.77. The van der Waals surface area contributed by atoms with Crippen molar-refractivity contribution in [3.05, 3.63) is 53.7 Å². The number of nitrogens with one attached hydrogen (secondary N) is 2. The van der Waals surface area contributed by atoms with Crippen LogP contribution in [0.25, 0.3) is 10.9 Å². The molecular weight excluding hydrogens is 302 g/mol. The molecule has 3 rings (SSSR count). The number of rotatable bonds is 5. The van der Waals surface area contributed by atoms with Crippen LogP contribution in [-0.4, -0.2) is 23.2 Å². The van der Waals surface area contributed by atoms with E-state index in [1.807, 2.05) is 36.4 Å². The van der Waals surface area contributed by atoms with Gasteiger partial charge in [0.2, 0.25) is 5.91 Å². The molecule has 1 heterocycles. The molecule has 0 aliphatic heterocycles. The number of fused-ring (bicyclic) bond motifs is 1. The molecule has 0 aliphatic rings. The van der Waals surface area contributed by atoms with E-state index in [1.54, 1.807) is 13.3 Å². The number of hydrogen-bond donors (Lipinski definition) is 2. The third kappa shape index (κ3) is 3.40. The molecule has 0 unspecified atom stereocenters. The Bertz CT molecular complexity index is 868. The average Bonchev–Trinajstić information content (AvgIpc) is 3.02.